The molecule has 0 radical (unpaired) electrons. The molecule has 1 aromatic carbocycles. The molecule has 46 heavy (non-hydrogen) atoms. The fourth-order valence-electron chi connectivity index (χ4n) is 9.14. The van der Waals surface area contributed by atoms with Gasteiger partial charge in [-0.3, -0.25) is 14.4 Å². The fraction of sp³-hybridized carbons (Fsp3) is 0.500. The maximum absolute atomic E-state index is 14.9. The summed E-state index contributed by atoms with van der Waals surface area (Å²) in [5.41, 5.74) is 0.138. The highest BCUT2D eigenvalue weighted by atomic mass is 16.6. The molecule has 8 nitrogen and oxygen atoms in total. The lowest BCUT2D eigenvalue weighted by molar-refractivity contribution is -0.171. The Bertz CT molecular complexity index is 1770. The molecule has 242 valence electrons. The Morgan fingerprint density at radius 3 is 2.48 bits per heavy atom. The molecule has 0 amide bonds. The number of fused-ring (bicyclic) bond motifs is 4. The highest BCUT2D eigenvalue weighted by Crippen LogP contribution is 2.69. The summed E-state index contributed by atoms with van der Waals surface area (Å²) in [5.74, 6) is -0.537. The van der Waals surface area contributed by atoms with Gasteiger partial charge in [0.2, 0.25) is 0 Å². The number of ketones is 2. The SMILES string of the molecule is C=C(C)C1CC[C@]2(C)C=C1c1c(O)c3c(c(CC=C(C)C)c1O2)O[C@]12C(=CC4CC1C(C)(C)OC2(C/C=C(/C)OC=O)C4=O)C3=O. The average Bonchev–Trinajstić information content (AvgIpc) is 3.12. The zero-order chi connectivity index (χ0) is 33.1. The van der Waals surface area contributed by atoms with Crippen LogP contribution in [0, 0.1) is 17.8 Å². The number of rotatable bonds is 7. The van der Waals surface area contributed by atoms with E-state index in [4.69, 9.17) is 18.9 Å². The normalized spacial score (nSPS) is 34.2. The van der Waals surface area contributed by atoms with Crippen molar-refractivity contribution in [3.8, 4) is 17.2 Å². The number of aromatic hydroxyl groups is 1. The second-order valence-corrected chi connectivity index (χ2v) is 14.9. The van der Waals surface area contributed by atoms with Crippen LogP contribution in [-0.2, 0) is 25.5 Å². The van der Waals surface area contributed by atoms with Gasteiger partial charge in [0.05, 0.1) is 11.2 Å². The molecule has 0 aromatic heterocycles. The van der Waals surface area contributed by atoms with E-state index in [0.29, 0.717) is 47.5 Å². The van der Waals surface area contributed by atoms with E-state index < -0.39 is 28.3 Å². The van der Waals surface area contributed by atoms with Crippen molar-refractivity contribution < 1.29 is 38.4 Å². The first-order valence-corrected chi connectivity index (χ1v) is 16.2. The van der Waals surface area contributed by atoms with Crippen LogP contribution in [0.1, 0.15) is 95.6 Å². The number of carbonyl (C=O) groups excluding carboxylic acids is 3. The van der Waals surface area contributed by atoms with E-state index in [2.05, 4.69) is 18.7 Å². The van der Waals surface area contributed by atoms with E-state index in [1.807, 2.05) is 41.5 Å². The van der Waals surface area contributed by atoms with Crippen LogP contribution in [0.2, 0.25) is 0 Å². The maximum Gasteiger partial charge on any atom is 0.298 e. The van der Waals surface area contributed by atoms with Crippen LogP contribution < -0.4 is 9.47 Å². The Labute approximate surface area is 269 Å². The molecule has 3 heterocycles. The Balaban J connectivity index is 1.52. The zero-order valence-corrected chi connectivity index (χ0v) is 27.7. The van der Waals surface area contributed by atoms with Gasteiger partial charge in [-0.1, -0.05) is 29.9 Å². The standard InChI is InChI=1S/C38H42O8/c1-19(2)9-10-24-32-28(25-17-36(8,44-32)13-12-23(25)20(3)4)31(41)29-30(40)26-15-22-16-27-35(6,7)46-37(34(22)42,14-11-21(5)43-18-39)38(26,27)45-33(24)29/h9,11,15,17-18,22-23,27,41H,3,10,12-14,16H2,1-2,4-8H3/b21-11-/t22?,23?,27?,36-,37?,38-/m1/s1. The number of Topliss-reactive ketones (excluding diaryl/α,β-unsaturated/α-hetero) is 2. The molecule has 4 unspecified atom stereocenters. The lowest BCUT2D eigenvalue weighted by Crippen LogP contribution is -2.72. The van der Waals surface area contributed by atoms with Crippen LogP contribution in [0.4, 0.5) is 0 Å². The van der Waals surface area contributed by atoms with Gasteiger partial charge in [0.15, 0.2) is 22.8 Å². The van der Waals surface area contributed by atoms with Crippen molar-refractivity contribution in [1.82, 2.24) is 0 Å². The van der Waals surface area contributed by atoms with Crippen LogP contribution in [-0.4, -0.2) is 45.5 Å². The van der Waals surface area contributed by atoms with Gasteiger partial charge in [-0.25, -0.2) is 0 Å². The maximum atomic E-state index is 14.9. The lowest BCUT2D eigenvalue weighted by atomic mass is 9.51. The molecule has 1 aromatic rings. The first-order valence-electron chi connectivity index (χ1n) is 16.2. The second-order valence-electron chi connectivity index (χ2n) is 14.9. The Morgan fingerprint density at radius 2 is 1.80 bits per heavy atom. The van der Waals surface area contributed by atoms with Gasteiger partial charge >= 0.3 is 0 Å². The highest BCUT2D eigenvalue weighted by Gasteiger charge is 2.81. The van der Waals surface area contributed by atoms with Crippen LogP contribution in [0.5, 0.6) is 17.2 Å². The first kappa shape index (κ1) is 30.7. The van der Waals surface area contributed by atoms with Crippen molar-refractivity contribution in [3.05, 3.63) is 70.1 Å². The van der Waals surface area contributed by atoms with E-state index in [9.17, 15) is 19.5 Å². The van der Waals surface area contributed by atoms with Gasteiger partial charge < -0.3 is 24.1 Å². The monoisotopic (exact) mass is 626 g/mol. The van der Waals surface area contributed by atoms with Crippen molar-refractivity contribution in [2.24, 2.45) is 17.8 Å². The highest BCUT2D eigenvalue weighted by molar-refractivity contribution is 6.19. The van der Waals surface area contributed by atoms with Crippen LogP contribution in [0.3, 0.4) is 0 Å². The summed E-state index contributed by atoms with van der Waals surface area (Å²) in [6.07, 6.45) is 10.0. The molecule has 1 spiro atoms. The predicted octanol–water partition coefficient (Wildman–Crippen LogP) is 6.90. The molecule has 1 N–H and O–H groups in total. The number of phenolic OH excluding ortho intramolecular Hbond substituents is 1. The van der Waals surface area contributed by atoms with Gasteiger partial charge in [0.1, 0.15) is 34.2 Å². The van der Waals surface area contributed by atoms with E-state index >= 15 is 0 Å². The number of carbonyl (C=O) groups is 3. The number of benzene rings is 1. The minimum atomic E-state index is -1.55. The molecule has 1 saturated heterocycles. The van der Waals surface area contributed by atoms with Crippen molar-refractivity contribution in [2.45, 2.75) is 103 Å². The summed E-state index contributed by atoms with van der Waals surface area (Å²) >= 11 is 0. The summed E-state index contributed by atoms with van der Waals surface area (Å²) in [6, 6.07) is 0. The molecular weight excluding hydrogens is 584 g/mol. The summed E-state index contributed by atoms with van der Waals surface area (Å²) in [6.45, 7) is 18.1. The number of hydrogen-bond donors (Lipinski definition) is 1. The zero-order valence-electron chi connectivity index (χ0n) is 27.7. The predicted molar refractivity (Wildman–Crippen MR) is 172 cm³/mol. The lowest BCUT2D eigenvalue weighted by Gasteiger charge is -2.56. The topological polar surface area (TPSA) is 108 Å². The third-order valence-corrected chi connectivity index (χ3v) is 11.2. The van der Waals surface area contributed by atoms with Gasteiger partial charge in [-0.2, -0.15) is 0 Å². The average molecular weight is 627 g/mol. The largest absolute Gasteiger partial charge is 0.506 e. The van der Waals surface area contributed by atoms with Gasteiger partial charge in [-0.05, 0) is 91.9 Å². The number of ether oxygens (including phenoxy) is 4. The molecule has 4 aliphatic carbocycles. The molecule has 7 aliphatic rings. The summed E-state index contributed by atoms with van der Waals surface area (Å²) in [5, 5.41) is 12.2. The van der Waals surface area contributed by atoms with Crippen molar-refractivity contribution in [1.29, 1.82) is 0 Å². The first-order chi connectivity index (χ1) is 21.6. The second kappa shape index (κ2) is 9.80. The molecule has 6 bridgehead atoms. The Morgan fingerprint density at radius 1 is 1.09 bits per heavy atom. The Kier molecular flexibility index (Phi) is 6.55. The number of allylic oxidation sites excluding steroid dienone is 6. The van der Waals surface area contributed by atoms with Gasteiger partial charge in [-0.15, -0.1) is 0 Å². The van der Waals surface area contributed by atoms with Crippen LogP contribution >= 0.6 is 0 Å². The van der Waals surface area contributed by atoms with Crippen LogP contribution in [0.25, 0.3) is 5.57 Å². The van der Waals surface area contributed by atoms with Crippen molar-refractivity contribution in [3.63, 3.8) is 0 Å². The quantitative estimate of drug-likeness (QED) is 0.198. The third-order valence-electron chi connectivity index (χ3n) is 11.2. The van der Waals surface area contributed by atoms with E-state index in [0.717, 1.165) is 29.6 Å². The molecule has 8 rings (SSSR count). The molecular formula is C38H42O8. The van der Waals surface area contributed by atoms with E-state index in [1.165, 1.54) is 0 Å². The smallest absolute Gasteiger partial charge is 0.298 e. The molecule has 1 saturated carbocycles. The minimum absolute atomic E-state index is 0.00128. The Hall–Kier alpha value is -3.91. The van der Waals surface area contributed by atoms with Gasteiger partial charge in [0.25, 0.3) is 6.47 Å². The van der Waals surface area contributed by atoms with Crippen molar-refractivity contribution in [2.75, 3.05) is 0 Å². The van der Waals surface area contributed by atoms with Gasteiger partial charge in [0, 0.05) is 35.3 Å². The van der Waals surface area contributed by atoms with Crippen LogP contribution in [0.15, 0.2) is 53.4 Å². The summed E-state index contributed by atoms with van der Waals surface area (Å²) in [7, 11) is 0. The summed E-state index contributed by atoms with van der Waals surface area (Å²) in [4.78, 5) is 40.4. The number of hydrogen-bond acceptors (Lipinski definition) is 8. The van der Waals surface area contributed by atoms with Crippen molar-refractivity contribution >= 4 is 23.6 Å². The molecule has 2 fully saturated rings. The fourth-order valence-corrected chi connectivity index (χ4v) is 9.14. The minimum Gasteiger partial charge on any atom is -0.506 e. The molecule has 6 atom stereocenters. The van der Waals surface area contributed by atoms with E-state index in [1.54, 1.807) is 19.1 Å². The number of phenols is 1. The van der Waals surface area contributed by atoms with E-state index in [-0.39, 0.29) is 46.9 Å². The molecule has 8 heteroatoms. The third kappa shape index (κ3) is 3.85. The summed E-state index contributed by atoms with van der Waals surface area (Å²) < 4.78 is 25.8. The molecule has 3 aliphatic heterocycles.